The Kier molecular flexibility index (Phi) is 16.5. The van der Waals surface area contributed by atoms with E-state index in [1.807, 2.05) is 46.7 Å². The predicted molar refractivity (Wildman–Crippen MR) is 216 cm³/mol. The van der Waals surface area contributed by atoms with Crippen molar-refractivity contribution in [3.8, 4) is 0 Å². The van der Waals surface area contributed by atoms with Gasteiger partial charge >= 0.3 is 11.9 Å². The fourth-order valence-electron chi connectivity index (χ4n) is 9.95. The summed E-state index contributed by atoms with van der Waals surface area (Å²) in [6, 6.07) is -0.582. The molecule has 0 aliphatic carbocycles. The van der Waals surface area contributed by atoms with Crippen LogP contribution < -0.4 is 0 Å². The van der Waals surface area contributed by atoms with E-state index in [9.17, 15) is 24.9 Å². The Morgan fingerprint density at radius 2 is 1.67 bits per heavy atom. The molecule has 1 unspecified atom stereocenters. The standard InChI is InChI=1S/C43H76N2O13/c1-16-32-43(12,50)38-28(7)45(21-24(3)22-52-38)20-23(2)18-41(10,49)37(58-40-35(55-30(9)46)31(44(13)14)17-25(4)53-40)26(5)34(27(6)39(48)56-32)57-33-19-42(11,51-15)36(47)29(8)54-33/h23,25-29,31-38,40,47,49-50H,3,16-22H2,1-2,4-15H3/t23-,25-,26+,27-,28-,29+,31+,32-,33+,34+,35-,36+,37-,38+,40+,41-,42-,43-/m1/s1. The monoisotopic (exact) mass is 829 g/mol. The van der Waals surface area contributed by atoms with Crippen molar-refractivity contribution in [3.63, 3.8) is 0 Å². The molecule has 4 fully saturated rings. The Bertz CT molecular complexity index is 1400. The zero-order valence-electron chi connectivity index (χ0n) is 37.6. The summed E-state index contributed by atoms with van der Waals surface area (Å²) in [4.78, 5) is 31.3. The molecule has 19 atom stereocenters. The van der Waals surface area contributed by atoms with Gasteiger partial charge in [-0.1, -0.05) is 27.4 Å². The van der Waals surface area contributed by atoms with Gasteiger partial charge in [-0.3, -0.25) is 14.5 Å². The van der Waals surface area contributed by atoms with Crippen LogP contribution in [0.4, 0.5) is 0 Å². The van der Waals surface area contributed by atoms with Crippen LogP contribution in [0.3, 0.4) is 0 Å². The van der Waals surface area contributed by atoms with Gasteiger partial charge in [0, 0.05) is 45.5 Å². The molecule has 2 bridgehead atoms. The van der Waals surface area contributed by atoms with Crippen molar-refractivity contribution in [3.05, 3.63) is 12.2 Å². The molecule has 3 N–H and O–H groups in total. The maximum Gasteiger partial charge on any atom is 0.311 e. The number of aliphatic hydroxyl groups is 3. The van der Waals surface area contributed by atoms with E-state index in [0.717, 1.165) is 5.57 Å². The lowest BCUT2D eigenvalue weighted by Gasteiger charge is -2.49. The number of cyclic esters (lactones) is 1. The van der Waals surface area contributed by atoms with Crippen LogP contribution in [0, 0.1) is 17.8 Å². The summed E-state index contributed by atoms with van der Waals surface area (Å²) >= 11 is 0. The van der Waals surface area contributed by atoms with Crippen molar-refractivity contribution < 1.29 is 62.8 Å². The van der Waals surface area contributed by atoms with Gasteiger partial charge in [0.25, 0.3) is 0 Å². The van der Waals surface area contributed by atoms with E-state index in [-0.39, 0.29) is 43.6 Å². The summed E-state index contributed by atoms with van der Waals surface area (Å²) in [5.41, 5.74) is -3.38. The van der Waals surface area contributed by atoms with Crippen molar-refractivity contribution in [1.82, 2.24) is 9.80 Å². The fraction of sp³-hybridized carbons (Fsp3) is 0.907. The molecule has 0 aromatic carbocycles. The smallest absolute Gasteiger partial charge is 0.311 e. The SMILES string of the molecule is C=C1CO[C@H]2[C@@H](C)N(C1)C[C@H](C)C[C@@](C)(O)[C@H](O[C@@H]1O[C@H](C)C[C@H](N(C)C)[C@H]1OC(C)=O)[C@@H](C)[C@H](O[C@H]1C[C@@](C)(OC)[C@@H](O)[C@H](C)O1)[C@@H](C)C(=O)O[C@H](CC)[C@@]2(C)O. The molecule has 336 valence electrons. The molecular formula is C43H76N2O13. The number of fused-ring (bicyclic) bond motifs is 2. The molecule has 0 radical (unpaired) electrons. The topological polar surface area (TPSA) is 175 Å². The number of hydrogen-bond acceptors (Lipinski definition) is 15. The number of carbonyl (C=O) groups is 2. The Morgan fingerprint density at radius 3 is 2.26 bits per heavy atom. The van der Waals surface area contributed by atoms with E-state index < -0.39 is 95.9 Å². The average Bonchev–Trinajstić information content (AvgIpc) is 3.26. The third-order valence-corrected chi connectivity index (χ3v) is 13.2. The van der Waals surface area contributed by atoms with Crippen LogP contribution in [0.1, 0.15) is 102 Å². The minimum atomic E-state index is -1.60. The molecule has 0 spiro atoms. The molecule has 0 amide bonds. The molecular weight excluding hydrogens is 752 g/mol. The summed E-state index contributed by atoms with van der Waals surface area (Å²) in [7, 11) is 5.33. The predicted octanol–water partition coefficient (Wildman–Crippen LogP) is 3.44. The molecule has 58 heavy (non-hydrogen) atoms. The van der Waals surface area contributed by atoms with Crippen molar-refractivity contribution >= 4 is 11.9 Å². The first kappa shape index (κ1) is 48.9. The van der Waals surface area contributed by atoms with Crippen LogP contribution in [-0.4, -0.2) is 168 Å². The van der Waals surface area contributed by atoms with Crippen LogP contribution >= 0.6 is 0 Å². The highest BCUT2D eigenvalue weighted by Crippen LogP contribution is 2.41. The molecule has 0 aromatic heterocycles. The number of methoxy groups -OCH3 is 1. The highest BCUT2D eigenvalue weighted by Gasteiger charge is 2.54. The van der Waals surface area contributed by atoms with E-state index in [4.69, 9.17) is 37.9 Å². The minimum absolute atomic E-state index is 0.131. The first-order valence-corrected chi connectivity index (χ1v) is 21.2. The van der Waals surface area contributed by atoms with Gasteiger partial charge in [0.15, 0.2) is 18.7 Å². The molecule has 0 saturated carbocycles. The van der Waals surface area contributed by atoms with E-state index in [2.05, 4.69) is 18.4 Å². The number of esters is 2. The van der Waals surface area contributed by atoms with Crippen LogP contribution in [0.25, 0.3) is 0 Å². The summed E-state index contributed by atoms with van der Waals surface area (Å²) in [6.45, 7) is 25.1. The van der Waals surface area contributed by atoms with E-state index in [1.54, 1.807) is 34.6 Å². The lowest BCUT2D eigenvalue weighted by atomic mass is 9.77. The number of carbonyl (C=O) groups excluding carboxylic acids is 2. The van der Waals surface area contributed by atoms with Gasteiger partial charge in [-0.15, -0.1) is 0 Å². The van der Waals surface area contributed by atoms with Crippen LogP contribution in [-0.2, 0) is 47.5 Å². The van der Waals surface area contributed by atoms with Crippen molar-refractivity contribution in [2.45, 2.75) is 192 Å². The van der Waals surface area contributed by atoms with Crippen molar-refractivity contribution in [2.24, 2.45) is 17.8 Å². The quantitative estimate of drug-likeness (QED) is 0.240. The number of hydrogen-bond donors (Lipinski definition) is 3. The molecule has 15 nitrogen and oxygen atoms in total. The van der Waals surface area contributed by atoms with E-state index >= 15 is 0 Å². The highest BCUT2D eigenvalue weighted by atomic mass is 16.7. The molecule has 4 aliphatic heterocycles. The molecule has 0 aromatic rings. The number of aliphatic hydroxyl groups excluding tert-OH is 1. The lowest BCUT2D eigenvalue weighted by molar-refractivity contribution is -0.318. The Balaban J connectivity index is 1.88. The second kappa shape index (κ2) is 19.5. The summed E-state index contributed by atoms with van der Waals surface area (Å²) in [6.07, 6.45) is -7.37. The van der Waals surface area contributed by atoms with Gasteiger partial charge in [-0.05, 0) is 93.3 Å². The van der Waals surface area contributed by atoms with Crippen LogP contribution in [0.2, 0.25) is 0 Å². The zero-order valence-corrected chi connectivity index (χ0v) is 37.6. The first-order chi connectivity index (χ1) is 26.9. The fourth-order valence-corrected chi connectivity index (χ4v) is 9.95. The van der Waals surface area contributed by atoms with Gasteiger partial charge in [-0.2, -0.15) is 0 Å². The van der Waals surface area contributed by atoms with E-state index in [0.29, 0.717) is 25.9 Å². The maximum atomic E-state index is 14.6. The molecule has 4 aliphatic rings. The largest absolute Gasteiger partial charge is 0.459 e. The van der Waals surface area contributed by atoms with E-state index in [1.165, 1.54) is 14.0 Å². The van der Waals surface area contributed by atoms with Crippen molar-refractivity contribution in [1.29, 1.82) is 0 Å². The summed E-state index contributed by atoms with van der Waals surface area (Å²) in [5.74, 6) is -3.04. The minimum Gasteiger partial charge on any atom is -0.459 e. The van der Waals surface area contributed by atoms with Gasteiger partial charge in [0.05, 0.1) is 54.2 Å². The Morgan fingerprint density at radius 1 is 1.02 bits per heavy atom. The first-order valence-electron chi connectivity index (χ1n) is 21.2. The van der Waals surface area contributed by atoms with Crippen LogP contribution in [0.15, 0.2) is 12.2 Å². The van der Waals surface area contributed by atoms with Gasteiger partial charge < -0.3 is 58.1 Å². The lowest BCUT2D eigenvalue weighted by Crippen LogP contribution is -2.61. The molecule has 4 rings (SSSR count). The molecule has 4 heterocycles. The third-order valence-electron chi connectivity index (χ3n) is 13.2. The second-order valence-electron chi connectivity index (χ2n) is 18.8. The Labute approximate surface area is 346 Å². The molecule has 15 heteroatoms. The number of rotatable bonds is 8. The number of likely N-dealkylation sites (N-methyl/N-ethyl adjacent to an activating group) is 1. The number of ether oxygens (including phenoxy) is 8. The molecule has 4 saturated heterocycles. The van der Waals surface area contributed by atoms with Crippen LogP contribution in [0.5, 0.6) is 0 Å². The summed E-state index contributed by atoms with van der Waals surface area (Å²) in [5, 5.41) is 36.2. The van der Waals surface area contributed by atoms with Crippen molar-refractivity contribution in [2.75, 3.05) is 40.9 Å². The normalized spacial score (nSPS) is 47.7. The van der Waals surface area contributed by atoms with Gasteiger partial charge in [-0.25, -0.2) is 0 Å². The van der Waals surface area contributed by atoms with Gasteiger partial charge in [0.2, 0.25) is 0 Å². The van der Waals surface area contributed by atoms with Gasteiger partial charge in [0.1, 0.15) is 23.9 Å². The third kappa shape index (κ3) is 11.0. The highest BCUT2D eigenvalue weighted by molar-refractivity contribution is 5.73. The average molecular weight is 829 g/mol. The zero-order chi connectivity index (χ0) is 43.7. The summed E-state index contributed by atoms with van der Waals surface area (Å²) < 4.78 is 50.8. The second-order valence-corrected chi connectivity index (χ2v) is 18.8. The number of nitrogens with zero attached hydrogens (tertiary/aromatic N) is 2. The Hall–Kier alpha value is -1.76. The maximum absolute atomic E-state index is 14.6.